The lowest BCUT2D eigenvalue weighted by Gasteiger charge is -2.26. The fraction of sp³-hybridized carbons (Fsp3) is 0.375. The smallest absolute Gasteiger partial charge is 0.414 e. The molecule has 0 aliphatic carbocycles. The molecule has 2 amide bonds. The Morgan fingerprint density at radius 3 is 2.41 bits per heavy atom. The van der Waals surface area contributed by atoms with E-state index in [0.717, 1.165) is 18.7 Å². The van der Waals surface area contributed by atoms with Crippen LogP contribution in [-0.2, 0) is 16.1 Å². The topological polar surface area (TPSA) is 109 Å². The van der Waals surface area contributed by atoms with Crippen LogP contribution in [0.5, 0.6) is 0 Å². The monoisotopic (exact) mass is 505 g/mol. The molecule has 1 unspecified atom stereocenters. The van der Waals surface area contributed by atoms with Gasteiger partial charge in [0.2, 0.25) is 11.9 Å². The summed E-state index contributed by atoms with van der Waals surface area (Å²) in [5.74, 6) is -0.298. The van der Waals surface area contributed by atoms with E-state index in [-0.39, 0.29) is 24.1 Å². The number of carbonyl (C=O) groups excluding carboxylic acids is 2. The molecule has 0 bridgehead atoms. The van der Waals surface area contributed by atoms with Crippen LogP contribution in [0.25, 0.3) is 0 Å². The Morgan fingerprint density at radius 1 is 1.15 bits per heavy atom. The Hall–Kier alpha value is -2.97. The van der Waals surface area contributed by atoms with Crippen molar-refractivity contribution in [3.05, 3.63) is 58.1 Å². The molecular formula is C24H29Cl2N5O3. The van der Waals surface area contributed by atoms with Crippen molar-refractivity contribution in [1.29, 1.82) is 0 Å². The Bertz CT molecular complexity index is 1050. The Labute approximate surface area is 209 Å². The first kappa shape index (κ1) is 25.6. The highest BCUT2D eigenvalue weighted by Gasteiger charge is 2.32. The number of guanidine groups is 1. The average molecular weight is 506 g/mol. The molecule has 0 spiro atoms. The number of carbonyl (C=O) groups is 2. The summed E-state index contributed by atoms with van der Waals surface area (Å²) in [6, 6.07) is 12.6. The predicted molar refractivity (Wildman–Crippen MR) is 136 cm³/mol. The summed E-state index contributed by atoms with van der Waals surface area (Å²) in [5, 5.41) is 5.89. The van der Waals surface area contributed by atoms with Crippen LogP contribution >= 0.6 is 23.2 Å². The number of ether oxygens (including phenoxy) is 1. The van der Waals surface area contributed by atoms with Crippen molar-refractivity contribution in [2.75, 3.05) is 17.2 Å². The van der Waals surface area contributed by atoms with Crippen LogP contribution in [0.15, 0.2) is 47.5 Å². The molecule has 1 saturated heterocycles. The number of nitrogens with zero attached hydrogens (tertiary/aromatic N) is 2. The molecule has 10 heteroatoms. The lowest BCUT2D eigenvalue weighted by Crippen LogP contribution is -2.51. The second-order valence-electron chi connectivity index (χ2n) is 8.94. The number of aliphatic imine (C=N–C) groups is 1. The summed E-state index contributed by atoms with van der Waals surface area (Å²) >= 11 is 12.2. The molecule has 3 rings (SSSR count). The molecule has 34 heavy (non-hydrogen) atoms. The van der Waals surface area contributed by atoms with Gasteiger partial charge < -0.3 is 15.4 Å². The molecule has 1 heterocycles. The minimum Gasteiger partial charge on any atom is -0.444 e. The van der Waals surface area contributed by atoms with Crippen molar-refractivity contribution < 1.29 is 14.3 Å². The number of amides is 2. The lowest BCUT2D eigenvalue weighted by molar-refractivity contribution is -0.120. The van der Waals surface area contributed by atoms with Gasteiger partial charge >= 0.3 is 6.09 Å². The first-order chi connectivity index (χ1) is 16.0. The predicted octanol–water partition coefficient (Wildman–Crippen LogP) is 4.74. The number of rotatable bonds is 4. The molecule has 2 aromatic carbocycles. The normalized spacial score (nSPS) is 16.3. The largest absolute Gasteiger partial charge is 0.444 e. The SMILES string of the molecule is CC(C)(C)OC(=O)NC(=NCc1cc(Cl)c(N)c(Cl)c1)NC(=O)C1CCCN1c1ccccc1. The lowest BCUT2D eigenvalue weighted by atomic mass is 10.2. The Morgan fingerprint density at radius 2 is 1.79 bits per heavy atom. The molecule has 182 valence electrons. The van der Waals surface area contributed by atoms with E-state index in [0.29, 0.717) is 22.0 Å². The van der Waals surface area contributed by atoms with Crippen LogP contribution in [0.4, 0.5) is 16.2 Å². The van der Waals surface area contributed by atoms with Crippen molar-refractivity contribution in [3.63, 3.8) is 0 Å². The van der Waals surface area contributed by atoms with E-state index < -0.39 is 17.7 Å². The number of para-hydroxylation sites is 1. The maximum absolute atomic E-state index is 13.2. The molecule has 1 aliphatic heterocycles. The van der Waals surface area contributed by atoms with Crippen molar-refractivity contribution in [1.82, 2.24) is 10.6 Å². The number of hydrogen-bond donors (Lipinski definition) is 3. The minimum absolute atomic E-state index is 0.0248. The van der Waals surface area contributed by atoms with Crippen molar-refractivity contribution >= 4 is 52.5 Å². The van der Waals surface area contributed by atoms with E-state index in [1.165, 1.54) is 0 Å². The average Bonchev–Trinajstić information content (AvgIpc) is 3.25. The number of hydrogen-bond acceptors (Lipinski definition) is 6. The van der Waals surface area contributed by atoms with Gasteiger partial charge in [-0.1, -0.05) is 41.4 Å². The Kier molecular flexibility index (Phi) is 8.28. The molecular weight excluding hydrogens is 477 g/mol. The molecule has 0 radical (unpaired) electrons. The number of halogens is 2. The third-order valence-corrected chi connectivity index (χ3v) is 5.69. The Balaban J connectivity index is 1.79. The molecule has 1 atom stereocenters. The zero-order valence-corrected chi connectivity index (χ0v) is 20.9. The van der Waals surface area contributed by atoms with Crippen LogP contribution < -0.4 is 21.3 Å². The maximum atomic E-state index is 13.2. The number of benzene rings is 2. The third kappa shape index (κ3) is 7.01. The molecule has 1 fully saturated rings. The summed E-state index contributed by atoms with van der Waals surface area (Å²) in [7, 11) is 0. The molecule has 1 aliphatic rings. The summed E-state index contributed by atoms with van der Waals surface area (Å²) < 4.78 is 5.32. The van der Waals surface area contributed by atoms with Crippen molar-refractivity contribution in [3.8, 4) is 0 Å². The van der Waals surface area contributed by atoms with Gasteiger partial charge in [-0.2, -0.15) is 0 Å². The van der Waals surface area contributed by atoms with Gasteiger partial charge in [-0.05, 0) is 63.4 Å². The van der Waals surface area contributed by atoms with Crippen molar-refractivity contribution in [2.45, 2.75) is 51.8 Å². The molecule has 8 nitrogen and oxygen atoms in total. The van der Waals surface area contributed by atoms with Gasteiger partial charge in [0, 0.05) is 12.2 Å². The van der Waals surface area contributed by atoms with Gasteiger partial charge in [-0.3, -0.25) is 15.4 Å². The van der Waals surface area contributed by atoms with E-state index in [1.54, 1.807) is 32.9 Å². The summed E-state index contributed by atoms with van der Waals surface area (Å²) in [6.45, 7) is 6.10. The number of anilines is 2. The van der Waals surface area contributed by atoms with Crippen LogP contribution in [0.3, 0.4) is 0 Å². The highest BCUT2D eigenvalue weighted by molar-refractivity contribution is 6.38. The van der Waals surface area contributed by atoms with Gasteiger partial charge in [0.1, 0.15) is 11.6 Å². The number of alkyl carbamates (subject to hydrolysis) is 1. The fourth-order valence-corrected chi connectivity index (χ4v) is 4.11. The highest BCUT2D eigenvalue weighted by atomic mass is 35.5. The molecule has 0 saturated carbocycles. The van der Waals surface area contributed by atoms with E-state index in [1.807, 2.05) is 35.2 Å². The zero-order valence-electron chi connectivity index (χ0n) is 19.4. The van der Waals surface area contributed by atoms with Crippen LogP contribution in [-0.4, -0.2) is 36.1 Å². The number of nitrogens with two attached hydrogens (primary N) is 1. The highest BCUT2D eigenvalue weighted by Crippen LogP contribution is 2.29. The summed E-state index contributed by atoms with van der Waals surface area (Å²) in [5.41, 5.74) is 6.98. The van der Waals surface area contributed by atoms with Crippen molar-refractivity contribution in [2.24, 2.45) is 4.99 Å². The van der Waals surface area contributed by atoms with Crippen LogP contribution in [0, 0.1) is 0 Å². The van der Waals surface area contributed by atoms with Crippen LogP contribution in [0.2, 0.25) is 10.0 Å². The third-order valence-electron chi connectivity index (χ3n) is 5.06. The summed E-state index contributed by atoms with van der Waals surface area (Å²) in [6.07, 6.45) is 0.830. The first-order valence-corrected chi connectivity index (χ1v) is 11.7. The van der Waals surface area contributed by atoms with E-state index in [4.69, 9.17) is 33.7 Å². The zero-order chi connectivity index (χ0) is 24.9. The maximum Gasteiger partial charge on any atom is 0.414 e. The minimum atomic E-state index is -0.730. The van der Waals surface area contributed by atoms with Gasteiger partial charge in [0.05, 0.1) is 22.3 Å². The first-order valence-electron chi connectivity index (χ1n) is 10.9. The molecule has 0 aromatic heterocycles. The standard InChI is InChI=1S/C24H29Cl2N5O3/c1-24(2,3)34-23(33)30-22(28-14-15-12-17(25)20(27)18(26)13-15)29-21(32)19-10-7-11-31(19)16-8-5-4-6-9-16/h4-6,8-9,12-13,19H,7,10-11,14,27H2,1-3H3,(H2,28,29,30,32,33). The summed E-state index contributed by atoms with van der Waals surface area (Å²) in [4.78, 5) is 32.0. The molecule has 2 aromatic rings. The van der Waals surface area contributed by atoms with Gasteiger partial charge in [-0.25, -0.2) is 9.79 Å². The van der Waals surface area contributed by atoms with E-state index in [9.17, 15) is 9.59 Å². The molecule has 4 N–H and O–H groups in total. The number of nitrogens with one attached hydrogen (secondary N) is 2. The van der Waals surface area contributed by atoms with Gasteiger partial charge in [0.25, 0.3) is 0 Å². The second-order valence-corrected chi connectivity index (χ2v) is 9.76. The van der Waals surface area contributed by atoms with Crippen LogP contribution in [0.1, 0.15) is 39.2 Å². The van der Waals surface area contributed by atoms with Gasteiger partial charge in [0.15, 0.2) is 0 Å². The van der Waals surface area contributed by atoms with E-state index >= 15 is 0 Å². The van der Waals surface area contributed by atoms with Gasteiger partial charge in [-0.15, -0.1) is 0 Å². The quantitative estimate of drug-likeness (QED) is 0.315. The fourth-order valence-electron chi connectivity index (χ4n) is 3.58. The second kappa shape index (κ2) is 11.0. The van der Waals surface area contributed by atoms with E-state index in [2.05, 4.69) is 15.6 Å². The number of nitrogen functional groups attached to an aromatic ring is 1.